The lowest BCUT2D eigenvalue weighted by molar-refractivity contribution is 0.0985. The van der Waals surface area contributed by atoms with Crippen molar-refractivity contribution in [2.24, 2.45) is 0 Å². The summed E-state index contributed by atoms with van der Waals surface area (Å²) in [7, 11) is -2.62. The Labute approximate surface area is 176 Å². The Balaban J connectivity index is 1.74. The summed E-state index contributed by atoms with van der Waals surface area (Å²) in [6.45, 7) is 0. The first-order valence-electron chi connectivity index (χ1n) is 9.15. The highest BCUT2D eigenvalue weighted by atomic mass is 32.2. The Morgan fingerprint density at radius 1 is 1.03 bits per heavy atom. The molecule has 4 rings (SSSR count). The third kappa shape index (κ3) is 3.79. The molecule has 0 fully saturated rings. The van der Waals surface area contributed by atoms with Crippen molar-refractivity contribution in [2.45, 2.75) is 11.3 Å². The summed E-state index contributed by atoms with van der Waals surface area (Å²) >= 11 is 0. The van der Waals surface area contributed by atoms with Crippen LogP contribution in [-0.4, -0.2) is 30.5 Å². The van der Waals surface area contributed by atoms with Crippen LogP contribution in [0, 0.1) is 11.6 Å². The summed E-state index contributed by atoms with van der Waals surface area (Å²) in [4.78, 5) is 12.4. The molecule has 0 N–H and O–H groups in total. The van der Waals surface area contributed by atoms with Crippen LogP contribution in [-0.2, 0) is 16.4 Å². The van der Waals surface area contributed by atoms with E-state index in [-0.39, 0.29) is 16.8 Å². The fraction of sp³-hybridized carbons (Fsp3) is 0.0909. The van der Waals surface area contributed by atoms with E-state index in [1.54, 1.807) is 24.3 Å². The Kier molecular flexibility index (Phi) is 5.28. The third-order valence-electron chi connectivity index (χ3n) is 4.78. The second-order valence-corrected chi connectivity index (χ2v) is 8.53. The van der Waals surface area contributed by atoms with E-state index in [0.717, 1.165) is 16.2 Å². The summed E-state index contributed by atoms with van der Waals surface area (Å²) < 4.78 is 60.0. The molecule has 0 saturated carbocycles. The summed E-state index contributed by atoms with van der Waals surface area (Å²) in [5.74, 6) is -2.28. The molecule has 4 aromatic rings. The second kappa shape index (κ2) is 7.92. The van der Waals surface area contributed by atoms with Crippen LogP contribution in [0.5, 0.6) is 5.75 Å². The van der Waals surface area contributed by atoms with Gasteiger partial charge in [0.25, 0.3) is 10.0 Å². The number of methoxy groups -OCH3 is 1. The second-order valence-electron chi connectivity index (χ2n) is 6.76. The molecule has 1 heterocycles. The van der Waals surface area contributed by atoms with Gasteiger partial charge in [0.1, 0.15) is 17.4 Å². The molecule has 0 aliphatic rings. The van der Waals surface area contributed by atoms with Gasteiger partial charge in [0.05, 0.1) is 29.3 Å². The zero-order valence-electron chi connectivity index (χ0n) is 16.2. The van der Waals surface area contributed by atoms with Gasteiger partial charge in [-0.3, -0.25) is 4.79 Å². The molecule has 1 aromatic heterocycles. The van der Waals surface area contributed by atoms with Crippen molar-refractivity contribution in [2.75, 3.05) is 7.11 Å². The van der Waals surface area contributed by atoms with Gasteiger partial charge in [-0.2, -0.15) is 17.6 Å². The van der Waals surface area contributed by atoms with Crippen molar-refractivity contribution in [3.63, 3.8) is 0 Å². The number of hydrogen-bond donors (Lipinski definition) is 0. The highest BCUT2D eigenvalue weighted by Crippen LogP contribution is 2.25. The lowest BCUT2D eigenvalue weighted by Crippen LogP contribution is -2.14. The van der Waals surface area contributed by atoms with Crippen LogP contribution in [0.15, 0.2) is 71.8 Å². The van der Waals surface area contributed by atoms with E-state index in [4.69, 9.17) is 4.74 Å². The van der Waals surface area contributed by atoms with Crippen LogP contribution in [0.3, 0.4) is 0 Å². The highest BCUT2D eigenvalue weighted by Gasteiger charge is 2.22. The predicted octanol–water partition coefficient (Wildman–Crippen LogP) is 3.99. The fourth-order valence-corrected chi connectivity index (χ4v) is 4.55. The van der Waals surface area contributed by atoms with Gasteiger partial charge in [-0.05, 0) is 35.9 Å². The quantitative estimate of drug-likeness (QED) is 0.422. The third-order valence-corrected chi connectivity index (χ3v) is 6.37. The highest BCUT2D eigenvalue weighted by molar-refractivity contribution is 7.90. The molecule has 0 aliphatic carbocycles. The van der Waals surface area contributed by atoms with Gasteiger partial charge in [-0.25, -0.2) is 8.78 Å². The van der Waals surface area contributed by atoms with E-state index in [1.165, 1.54) is 37.6 Å². The number of benzene rings is 3. The molecule has 0 aliphatic heterocycles. The fourth-order valence-electron chi connectivity index (χ4n) is 3.24. The smallest absolute Gasteiger partial charge is 0.283 e. The molecule has 0 radical (unpaired) electrons. The average Bonchev–Trinajstić information content (AvgIpc) is 3.18. The Hall–Kier alpha value is -3.59. The van der Waals surface area contributed by atoms with Crippen molar-refractivity contribution < 1.29 is 26.7 Å². The maximum Gasteiger partial charge on any atom is 0.283 e. The minimum atomic E-state index is -4.05. The lowest BCUT2D eigenvalue weighted by Gasteiger charge is -2.09. The topological polar surface area (TPSA) is 78.3 Å². The number of rotatable bonds is 6. The molecule has 158 valence electrons. The monoisotopic (exact) mass is 442 g/mol. The molecule has 0 atom stereocenters. The molecule has 31 heavy (non-hydrogen) atoms. The molecule has 0 saturated heterocycles. The molecule has 6 nitrogen and oxygen atoms in total. The number of halogens is 2. The van der Waals surface area contributed by atoms with Crippen molar-refractivity contribution >= 4 is 26.7 Å². The van der Waals surface area contributed by atoms with Crippen LogP contribution in [0.2, 0.25) is 0 Å². The first kappa shape index (κ1) is 20.7. The maximum atomic E-state index is 13.9. The summed E-state index contributed by atoms with van der Waals surface area (Å²) in [6, 6.07) is 13.8. The number of aromatic nitrogens is 2. The maximum absolute atomic E-state index is 13.9. The first-order valence-corrected chi connectivity index (χ1v) is 10.6. The van der Waals surface area contributed by atoms with Gasteiger partial charge in [0.15, 0.2) is 5.78 Å². The van der Waals surface area contributed by atoms with Gasteiger partial charge < -0.3 is 4.74 Å². The van der Waals surface area contributed by atoms with Crippen molar-refractivity contribution in [1.82, 2.24) is 9.19 Å². The molecule has 0 unspecified atom stereocenters. The Morgan fingerprint density at radius 2 is 1.74 bits per heavy atom. The van der Waals surface area contributed by atoms with E-state index in [2.05, 4.69) is 5.10 Å². The number of Topliss-reactive ketones (excluding diaryl/α,β-unsaturated/α-hetero) is 1. The zero-order valence-corrected chi connectivity index (χ0v) is 17.1. The minimum Gasteiger partial charge on any atom is -0.497 e. The minimum absolute atomic E-state index is 0.0215. The molecule has 9 heteroatoms. The number of nitrogens with zero attached hydrogens (tertiary/aromatic N) is 2. The largest absolute Gasteiger partial charge is 0.497 e. The summed E-state index contributed by atoms with van der Waals surface area (Å²) in [5.41, 5.74) is 0.00461. The van der Waals surface area contributed by atoms with Crippen LogP contribution in [0.4, 0.5) is 8.78 Å². The average molecular weight is 442 g/mol. The standard InChI is InChI=1S/C22H16F2N2O4S/c1-30-16-4-2-5-17(12-16)31(28,29)26-20-10-14(8-9-15(20)13-25-26)11-21(27)22-18(23)6-3-7-19(22)24/h2-10,12-13H,11H2,1H3. The number of fused-ring (bicyclic) bond motifs is 1. The molecule has 0 bridgehead atoms. The first-order chi connectivity index (χ1) is 14.8. The van der Waals surface area contributed by atoms with Gasteiger partial charge in [-0.15, -0.1) is 0 Å². The van der Waals surface area contributed by atoms with Crippen molar-refractivity contribution in [1.29, 1.82) is 0 Å². The van der Waals surface area contributed by atoms with Gasteiger partial charge in [-0.1, -0.05) is 24.3 Å². The van der Waals surface area contributed by atoms with E-state index >= 15 is 0 Å². The summed E-state index contributed by atoms with van der Waals surface area (Å²) in [5, 5.41) is 4.52. The van der Waals surface area contributed by atoms with Crippen LogP contribution < -0.4 is 4.74 Å². The van der Waals surface area contributed by atoms with Crippen LogP contribution in [0.1, 0.15) is 15.9 Å². The van der Waals surface area contributed by atoms with Crippen molar-refractivity contribution in [3.05, 3.63) is 89.6 Å². The van der Waals surface area contributed by atoms with Gasteiger partial charge in [0.2, 0.25) is 0 Å². The van der Waals surface area contributed by atoms with Crippen molar-refractivity contribution in [3.8, 4) is 5.75 Å². The van der Waals surface area contributed by atoms with Gasteiger partial charge >= 0.3 is 0 Å². The molecule has 0 amide bonds. The summed E-state index contributed by atoms with van der Waals surface area (Å²) in [6.07, 6.45) is 1.08. The molecule has 3 aromatic carbocycles. The van der Waals surface area contributed by atoms with Gasteiger partial charge in [0, 0.05) is 17.9 Å². The normalized spacial score (nSPS) is 11.6. The number of carbonyl (C=O) groups excluding carboxylic acids is 1. The van der Waals surface area contributed by atoms with E-state index in [9.17, 15) is 22.0 Å². The Morgan fingerprint density at radius 3 is 2.45 bits per heavy atom. The number of ether oxygens (including phenoxy) is 1. The lowest BCUT2D eigenvalue weighted by atomic mass is 10.0. The number of carbonyl (C=O) groups is 1. The molecular formula is C22H16F2N2O4S. The number of hydrogen-bond acceptors (Lipinski definition) is 5. The van der Waals surface area contributed by atoms with E-state index in [1.807, 2.05) is 0 Å². The predicted molar refractivity (Wildman–Crippen MR) is 110 cm³/mol. The van der Waals surface area contributed by atoms with Crippen LogP contribution in [0.25, 0.3) is 10.9 Å². The zero-order chi connectivity index (χ0) is 22.2. The SMILES string of the molecule is COc1cccc(S(=O)(=O)n2ncc3ccc(CC(=O)c4c(F)cccc4F)cc32)c1. The number of ketones is 1. The van der Waals surface area contributed by atoms with E-state index < -0.39 is 33.0 Å². The Bertz CT molecular complexity index is 1390. The van der Waals surface area contributed by atoms with Crippen LogP contribution >= 0.6 is 0 Å². The molecular weight excluding hydrogens is 426 g/mol. The molecule has 0 spiro atoms. The van der Waals surface area contributed by atoms with E-state index in [0.29, 0.717) is 16.7 Å².